The molecular weight excluding hydrogens is 246 g/mol. The molecule has 1 fully saturated rings. The van der Waals surface area contributed by atoms with Gasteiger partial charge in [-0.25, -0.2) is 4.99 Å². The lowest BCUT2D eigenvalue weighted by atomic mass is 10.2. The molecule has 19 heavy (non-hydrogen) atoms. The fourth-order valence-corrected chi connectivity index (χ4v) is 1.87. The van der Waals surface area contributed by atoms with E-state index in [1.807, 2.05) is 4.90 Å². The molecule has 104 valence electrons. The summed E-state index contributed by atoms with van der Waals surface area (Å²) in [6.45, 7) is 3.16. The molecule has 6 nitrogen and oxygen atoms in total. The molecule has 0 amide bonds. The first-order valence-electron chi connectivity index (χ1n) is 6.19. The molecule has 0 radical (unpaired) electrons. The summed E-state index contributed by atoms with van der Waals surface area (Å²) in [5.74, 6) is 1.36. The number of morpholine rings is 1. The molecule has 0 aromatic heterocycles. The van der Waals surface area contributed by atoms with Gasteiger partial charge in [0.1, 0.15) is 11.5 Å². The van der Waals surface area contributed by atoms with Crippen LogP contribution in [0.4, 0.5) is 0 Å². The van der Waals surface area contributed by atoms with Crippen LogP contribution in [0.2, 0.25) is 0 Å². The van der Waals surface area contributed by atoms with Crippen molar-refractivity contribution in [1.29, 1.82) is 0 Å². The molecule has 1 aliphatic rings. The zero-order chi connectivity index (χ0) is 13.7. The number of phenolic OH excluding ortho intramolecular Hbond substituents is 1. The number of rotatable bonds is 3. The summed E-state index contributed by atoms with van der Waals surface area (Å²) in [5.41, 5.74) is 6.61. The number of aliphatic imine (C=N–C) groups is 1. The summed E-state index contributed by atoms with van der Waals surface area (Å²) < 4.78 is 10.4. The Labute approximate surface area is 112 Å². The average Bonchev–Trinajstić information content (AvgIpc) is 2.47. The highest BCUT2D eigenvalue weighted by Gasteiger charge is 2.12. The molecule has 0 spiro atoms. The van der Waals surface area contributed by atoms with Gasteiger partial charge < -0.3 is 25.2 Å². The third-order valence-electron chi connectivity index (χ3n) is 3.03. The van der Waals surface area contributed by atoms with Crippen molar-refractivity contribution < 1.29 is 14.6 Å². The highest BCUT2D eigenvalue weighted by Crippen LogP contribution is 2.23. The average molecular weight is 265 g/mol. The van der Waals surface area contributed by atoms with Gasteiger partial charge in [0.05, 0.1) is 26.9 Å². The van der Waals surface area contributed by atoms with E-state index in [-0.39, 0.29) is 5.75 Å². The fraction of sp³-hybridized carbons (Fsp3) is 0.462. The molecule has 0 unspecified atom stereocenters. The van der Waals surface area contributed by atoms with Crippen LogP contribution in [-0.4, -0.2) is 49.4 Å². The topological polar surface area (TPSA) is 80.3 Å². The number of hydrogen-bond donors (Lipinski definition) is 2. The van der Waals surface area contributed by atoms with Crippen molar-refractivity contribution in [3.05, 3.63) is 23.8 Å². The standard InChI is InChI=1S/C13H19N3O3/c1-18-11-2-3-12(17)10(8-11)9-15-13(14)16-4-6-19-7-5-16/h2-3,8,17H,4-7,9H2,1H3,(H2,14,15). The first-order valence-corrected chi connectivity index (χ1v) is 6.19. The van der Waals surface area contributed by atoms with Gasteiger partial charge in [0.25, 0.3) is 0 Å². The van der Waals surface area contributed by atoms with Crippen LogP contribution in [0.5, 0.6) is 11.5 Å². The number of ether oxygens (including phenoxy) is 2. The first-order chi connectivity index (χ1) is 9.20. The smallest absolute Gasteiger partial charge is 0.191 e. The van der Waals surface area contributed by atoms with E-state index in [0.717, 1.165) is 13.1 Å². The second-order valence-electron chi connectivity index (χ2n) is 4.27. The highest BCUT2D eigenvalue weighted by molar-refractivity contribution is 5.78. The normalized spacial score (nSPS) is 16.5. The van der Waals surface area contributed by atoms with Crippen LogP contribution in [-0.2, 0) is 11.3 Å². The molecule has 0 aliphatic carbocycles. The maximum atomic E-state index is 9.75. The van der Waals surface area contributed by atoms with E-state index < -0.39 is 0 Å². The summed E-state index contributed by atoms with van der Waals surface area (Å²) in [6.07, 6.45) is 0. The van der Waals surface area contributed by atoms with E-state index in [0.29, 0.717) is 37.0 Å². The SMILES string of the molecule is COc1ccc(O)c(CN=C(N)N2CCOCC2)c1. The first kappa shape index (κ1) is 13.5. The minimum Gasteiger partial charge on any atom is -0.508 e. The van der Waals surface area contributed by atoms with E-state index in [2.05, 4.69) is 4.99 Å². The van der Waals surface area contributed by atoms with Gasteiger partial charge in [-0.2, -0.15) is 0 Å². The zero-order valence-corrected chi connectivity index (χ0v) is 11.0. The Morgan fingerprint density at radius 3 is 2.89 bits per heavy atom. The van der Waals surface area contributed by atoms with Crippen molar-refractivity contribution in [2.75, 3.05) is 33.4 Å². The van der Waals surface area contributed by atoms with Crippen LogP contribution in [0.3, 0.4) is 0 Å². The van der Waals surface area contributed by atoms with Gasteiger partial charge in [-0.3, -0.25) is 0 Å². The van der Waals surface area contributed by atoms with Crippen LogP contribution >= 0.6 is 0 Å². The predicted octanol–water partition coefficient (Wildman–Crippen LogP) is 0.548. The summed E-state index contributed by atoms with van der Waals surface area (Å²) >= 11 is 0. The maximum Gasteiger partial charge on any atom is 0.191 e. The van der Waals surface area contributed by atoms with Crippen LogP contribution < -0.4 is 10.5 Å². The number of aromatic hydroxyl groups is 1. The highest BCUT2D eigenvalue weighted by atomic mass is 16.5. The van der Waals surface area contributed by atoms with Gasteiger partial charge in [0.15, 0.2) is 5.96 Å². The van der Waals surface area contributed by atoms with Crippen LogP contribution in [0.25, 0.3) is 0 Å². The Kier molecular flexibility index (Phi) is 4.46. The van der Waals surface area contributed by atoms with Gasteiger partial charge in [-0.15, -0.1) is 0 Å². The Morgan fingerprint density at radius 2 is 2.21 bits per heavy atom. The monoisotopic (exact) mass is 265 g/mol. The van der Waals surface area contributed by atoms with Gasteiger partial charge in [-0.1, -0.05) is 0 Å². The van der Waals surface area contributed by atoms with Gasteiger partial charge in [-0.05, 0) is 18.2 Å². The third kappa shape index (κ3) is 3.51. The molecule has 1 heterocycles. The fourth-order valence-electron chi connectivity index (χ4n) is 1.87. The van der Waals surface area contributed by atoms with Crippen molar-refractivity contribution in [2.24, 2.45) is 10.7 Å². The quantitative estimate of drug-likeness (QED) is 0.616. The maximum absolute atomic E-state index is 9.75. The van der Waals surface area contributed by atoms with Crippen LogP contribution in [0.15, 0.2) is 23.2 Å². The lowest BCUT2D eigenvalue weighted by molar-refractivity contribution is 0.0674. The number of phenols is 1. The molecule has 2 rings (SSSR count). The number of benzene rings is 1. The number of guanidine groups is 1. The number of nitrogens with two attached hydrogens (primary N) is 1. The second kappa shape index (κ2) is 6.29. The lowest BCUT2D eigenvalue weighted by Crippen LogP contribution is -2.44. The Hall–Kier alpha value is -1.95. The molecule has 1 saturated heterocycles. The Morgan fingerprint density at radius 1 is 1.47 bits per heavy atom. The summed E-state index contributed by atoms with van der Waals surface area (Å²) in [6, 6.07) is 5.05. The minimum absolute atomic E-state index is 0.194. The van der Waals surface area contributed by atoms with Crippen LogP contribution in [0.1, 0.15) is 5.56 Å². The molecule has 6 heteroatoms. The van der Waals surface area contributed by atoms with Crippen molar-refractivity contribution in [3.63, 3.8) is 0 Å². The largest absolute Gasteiger partial charge is 0.508 e. The van der Waals surface area contributed by atoms with E-state index >= 15 is 0 Å². The van der Waals surface area contributed by atoms with E-state index in [4.69, 9.17) is 15.2 Å². The van der Waals surface area contributed by atoms with Gasteiger partial charge >= 0.3 is 0 Å². The minimum atomic E-state index is 0.194. The molecule has 0 saturated carbocycles. The second-order valence-corrected chi connectivity index (χ2v) is 4.27. The Bertz CT molecular complexity index is 456. The summed E-state index contributed by atoms with van der Waals surface area (Å²) in [4.78, 5) is 6.28. The molecule has 1 aromatic rings. The van der Waals surface area contributed by atoms with Crippen LogP contribution in [0, 0.1) is 0 Å². The number of methoxy groups -OCH3 is 1. The van der Waals surface area contributed by atoms with Gasteiger partial charge in [0, 0.05) is 18.7 Å². The van der Waals surface area contributed by atoms with E-state index in [1.54, 1.807) is 25.3 Å². The van der Waals surface area contributed by atoms with E-state index in [1.165, 1.54) is 0 Å². The third-order valence-corrected chi connectivity index (χ3v) is 3.03. The Balaban J connectivity index is 2.03. The van der Waals surface area contributed by atoms with Crippen molar-refractivity contribution in [2.45, 2.75) is 6.54 Å². The molecule has 1 aliphatic heterocycles. The van der Waals surface area contributed by atoms with Crippen molar-refractivity contribution in [3.8, 4) is 11.5 Å². The van der Waals surface area contributed by atoms with E-state index in [9.17, 15) is 5.11 Å². The zero-order valence-electron chi connectivity index (χ0n) is 11.0. The molecule has 0 bridgehead atoms. The predicted molar refractivity (Wildman–Crippen MR) is 72.4 cm³/mol. The van der Waals surface area contributed by atoms with Crippen molar-refractivity contribution in [1.82, 2.24) is 4.90 Å². The molecule has 0 atom stereocenters. The van der Waals surface area contributed by atoms with Gasteiger partial charge in [0.2, 0.25) is 0 Å². The molecular formula is C13H19N3O3. The molecule has 1 aromatic carbocycles. The lowest BCUT2D eigenvalue weighted by Gasteiger charge is -2.27. The van der Waals surface area contributed by atoms with Crippen molar-refractivity contribution >= 4 is 5.96 Å². The molecule has 3 N–H and O–H groups in total. The summed E-state index contributed by atoms with van der Waals surface area (Å²) in [7, 11) is 1.58. The number of nitrogens with zero attached hydrogens (tertiary/aromatic N) is 2. The summed E-state index contributed by atoms with van der Waals surface area (Å²) in [5, 5.41) is 9.75. The number of hydrogen-bond acceptors (Lipinski definition) is 4.